The van der Waals surface area contributed by atoms with Crippen molar-refractivity contribution < 1.29 is 9.32 Å². The number of aromatic nitrogens is 2. The van der Waals surface area contributed by atoms with Gasteiger partial charge in [-0.3, -0.25) is 4.79 Å². The van der Waals surface area contributed by atoms with Gasteiger partial charge in [0, 0.05) is 0 Å². The van der Waals surface area contributed by atoms with E-state index in [0.717, 1.165) is 10.4 Å². The van der Waals surface area contributed by atoms with Crippen molar-refractivity contribution >= 4 is 17.2 Å². The van der Waals surface area contributed by atoms with Crippen molar-refractivity contribution in [3.05, 3.63) is 59.3 Å². The smallest absolute Gasteiger partial charge is 0.316 e. The zero-order chi connectivity index (χ0) is 14.7. The number of nitrogens with zero attached hydrogens (tertiary/aromatic N) is 2. The Morgan fingerprint density at radius 1 is 1.24 bits per heavy atom. The molecule has 0 fully saturated rings. The highest BCUT2D eigenvalue weighted by atomic mass is 32.1. The van der Waals surface area contributed by atoms with Crippen molar-refractivity contribution in [2.24, 2.45) is 0 Å². The number of nitrogens with one attached hydrogen (secondary N) is 1. The number of amides is 1. The maximum atomic E-state index is 12.1. The van der Waals surface area contributed by atoms with Crippen molar-refractivity contribution in [3.8, 4) is 10.7 Å². The van der Waals surface area contributed by atoms with Gasteiger partial charge in [-0.15, -0.1) is 11.3 Å². The Morgan fingerprint density at radius 2 is 2.05 bits per heavy atom. The van der Waals surface area contributed by atoms with E-state index in [1.807, 2.05) is 54.8 Å². The Bertz CT molecular complexity index is 722. The number of thiophene rings is 1. The van der Waals surface area contributed by atoms with E-state index in [9.17, 15) is 4.79 Å². The van der Waals surface area contributed by atoms with E-state index in [1.54, 1.807) is 0 Å². The molecule has 0 bridgehead atoms. The fourth-order valence-electron chi connectivity index (χ4n) is 1.91. The second kappa shape index (κ2) is 5.88. The molecule has 0 spiro atoms. The molecule has 6 heteroatoms. The van der Waals surface area contributed by atoms with Crippen LogP contribution in [0, 0.1) is 0 Å². The topological polar surface area (TPSA) is 68.0 Å². The number of hydrogen-bond acceptors (Lipinski definition) is 5. The highest BCUT2D eigenvalue weighted by molar-refractivity contribution is 7.13. The largest absolute Gasteiger partial charge is 0.341 e. The van der Waals surface area contributed by atoms with Crippen LogP contribution in [0.2, 0.25) is 0 Å². The predicted octanol–water partition coefficient (Wildman–Crippen LogP) is 3.29. The van der Waals surface area contributed by atoms with Crippen molar-refractivity contribution in [2.45, 2.75) is 13.0 Å². The summed E-state index contributed by atoms with van der Waals surface area (Å²) in [6, 6.07) is 13.3. The standard InChI is InChI=1S/C15H13N3O2S/c1-10(11-6-3-2-4-7-11)16-14(19)15-17-13(18-20-15)12-8-5-9-21-12/h2-10H,1H3,(H,16,19)/t10-/m0/s1. The lowest BCUT2D eigenvalue weighted by Gasteiger charge is -2.12. The van der Waals surface area contributed by atoms with Gasteiger partial charge in [0.2, 0.25) is 5.82 Å². The van der Waals surface area contributed by atoms with Crippen LogP contribution in [0.3, 0.4) is 0 Å². The van der Waals surface area contributed by atoms with Gasteiger partial charge in [-0.1, -0.05) is 41.6 Å². The van der Waals surface area contributed by atoms with E-state index in [2.05, 4.69) is 15.5 Å². The average Bonchev–Trinajstić information content (AvgIpc) is 3.19. The molecule has 106 valence electrons. The Balaban J connectivity index is 1.71. The molecule has 5 nitrogen and oxygen atoms in total. The molecule has 0 unspecified atom stereocenters. The van der Waals surface area contributed by atoms with Gasteiger partial charge in [0.1, 0.15) is 0 Å². The number of carbonyl (C=O) groups excluding carboxylic acids is 1. The molecule has 1 atom stereocenters. The van der Waals surface area contributed by atoms with E-state index < -0.39 is 0 Å². The van der Waals surface area contributed by atoms with Crippen molar-refractivity contribution in [1.29, 1.82) is 0 Å². The molecule has 0 aliphatic carbocycles. The monoisotopic (exact) mass is 299 g/mol. The van der Waals surface area contributed by atoms with E-state index in [-0.39, 0.29) is 17.8 Å². The SMILES string of the molecule is C[C@H](NC(=O)c1nc(-c2cccs2)no1)c1ccccc1. The second-order valence-corrected chi connectivity index (χ2v) is 5.45. The summed E-state index contributed by atoms with van der Waals surface area (Å²) in [6.07, 6.45) is 0. The summed E-state index contributed by atoms with van der Waals surface area (Å²) in [4.78, 5) is 17.1. The van der Waals surface area contributed by atoms with Gasteiger partial charge in [0.15, 0.2) is 0 Å². The van der Waals surface area contributed by atoms with Crippen LogP contribution in [0.4, 0.5) is 0 Å². The van der Waals surface area contributed by atoms with Crippen LogP contribution < -0.4 is 5.32 Å². The van der Waals surface area contributed by atoms with Crippen LogP contribution in [0.1, 0.15) is 29.2 Å². The van der Waals surface area contributed by atoms with Crippen LogP contribution in [0.25, 0.3) is 10.7 Å². The van der Waals surface area contributed by atoms with Gasteiger partial charge in [0.25, 0.3) is 0 Å². The molecule has 3 rings (SSSR count). The second-order valence-electron chi connectivity index (χ2n) is 4.51. The fourth-order valence-corrected chi connectivity index (χ4v) is 2.55. The summed E-state index contributed by atoms with van der Waals surface area (Å²) >= 11 is 1.50. The number of benzene rings is 1. The molecule has 3 aromatic rings. The summed E-state index contributed by atoms with van der Waals surface area (Å²) in [5, 5.41) is 8.58. The lowest BCUT2D eigenvalue weighted by atomic mass is 10.1. The third-order valence-corrected chi connectivity index (χ3v) is 3.87. The molecule has 0 aliphatic heterocycles. The molecule has 21 heavy (non-hydrogen) atoms. The number of carbonyl (C=O) groups is 1. The van der Waals surface area contributed by atoms with Gasteiger partial charge in [-0.05, 0) is 23.9 Å². The molecule has 0 aliphatic rings. The minimum absolute atomic E-state index is 0.0267. The highest BCUT2D eigenvalue weighted by Gasteiger charge is 2.18. The van der Waals surface area contributed by atoms with Gasteiger partial charge < -0.3 is 9.84 Å². The first-order valence-corrected chi connectivity index (χ1v) is 7.35. The Kier molecular flexibility index (Phi) is 3.79. The predicted molar refractivity (Wildman–Crippen MR) is 79.9 cm³/mol. The zero-order valence-electron chi connectivity index (χ0n) is 11.3. The minimum atomic E-state index is -0.373. The molecule has 0 radical (unpaired) electrons. The fraction of sp³-hybridized carbons (Fsp3) is 0.133. The lowest BCUT2D eigenvalue weighted by molar-refractivity contribution is 0.0895. The van der Waals surface area contributed by atoms with Crippen molar-refractivity contribution in [2.75, 3.05) is 0 Å². The average molecular weight is 299 g/mol. The molecule has 1 aromatic carbocycles. The van der Waals surface area contributed by atoms with Gasteiger partial charge in [-0.2, -0.15) is 4.98 Å². The first-order valence-electron chi connectivity index (χ1n) is 6.47. The Morgan fingerprint density at radius 3 is 2.76 bits per heavy atom. The zero-order valence-corrected chi connectivity index (χ0v) is 12.1. The molecule has 1 N–H and O–H groups in total. The first kappa shape index (κ1) is 13.5. The Hall–Kier alpha value is -2.47. The third kappa shape index (κ3) is 3.00. The van der Waals surface area contributed by atoms with Crippen molar-refractivity contribution in [3.63, 3.8) is 0 Å². The van der Waals surface area contributed by atoms with Gasteiger partial charge >= 0.3 is 11.8 Å². The third-order valence-electron chi connectivity index (χ3n) is 3.01. The molecule has 2 heterocycles. The summed E-state index contributed by atoms with van der Waals surface area (Å²) in [5.41, 5.74) is 1.02. The molecule has 0 saturated heterocycles. The summed E-state index contributed by atoms with van der Waals surface area (Å²) < 4.78 is 5.02. The molecule has 1 amide bonds. The van der Waals surface area contributed by atoms with Crippen LogP contribution in [-0.4, -0.2) is 16.0 Å². The van der Waals surface area contributed by atoms with Crippen LogP contribution in [0.5, 0.6) is 0 Å². The molecular formula is C15H13N3O2S. The van der Waals surface area contributed by atoms with Crippen molar-refractivity contribution in [1.82, 2.24) is 15.5 Å². The Labute approximate surface area is 125 Å². The van der Waals surface area contributed by atoms with E-state index in [1.165, 1.54) is 11.3 Å². The number of rotatable bonds is 4. The quantitative estimate of drug-likeness (QED) is 0.802. The van der Waals surface area contributed by atoms with Crippen LogP contribution >= 0.6 is 11.3 Å². The molecular weight excluding hydrogens is 286 g/mol. The first-order chi connectivity index (χ1) is 10.2. The lowest BCUT2D eigenvalue weighted by Crippen LogP contribution is -2.26. The normalized spacial score (nSPS) is 12.0. The minimum Gasteiger partial charge on any atom is -0.341 e. The van der Waals surface area contributed by atoms with Gasteiger partial charge in [0.05, 0.1) is 10.9 Å². The highest BCUT2D eigenvalue weighted by Crippen LogP contribution is 2.21. The maximum absolute atomic E-state index is 12.1. The summed E-state index contributed by atoms with van der Waals surface area (Å²) in [6.45, 7) is 1.91. The number of hydrogen-bond donors (Lipinski definition) is 1. The summed E-state index contributed by atoms with van der Waals surface area (Å²) in [5.74, 6) is 0.0327. The summed E-state index contributed by atoms with van der Waals surface area (Å²) in [7, 11) is 0. The van der Waals surface area contributed by atoms with E-state index in [0.29, 0.717) is 5.82 Å². The van der Waals surface area contributed by atoms with Gasteiger partial charge in [-0.25, -0.2) is 0 Å². The molecule has 0 saturated carbocycles. The maximum Gasteiger partial charge on any atom is 0.316 e. The van der Waals surface area contributed by atoms with Crippen LogP contribution in [-0.2, 0) is 0 Å². The van der Waals surface area contributed by atoms with E-state index >= 15 is 0 Å². The molecule has 2 aromatic heterocycles. The van der Waals surface area contributed by atoms with Crippen LogP contribution in [0.15, 0.2) is 52.4 Å². The van der Waals surface area contributed by atoms with E-state index in [4.69, 9.17) is 4.52 Å².